The Labute approximate surface area is 165 Å². The van der Waals surface area contributed by atoms with E-state index >= 15 is 0 Å². The molecule has 3 rings (SSSR count). The lowest BCUT2D eigenvalue weighted by atomic mass is 10.2. The zero-order valence-corrected chi connectivity index (χ0v) is 16.0. The maximum atomic E-state index is 11.6. The van der Waals surface area contributed by atoms with Gasteiger partial charge < -0.3 is 10.2 Å². The molecular formula is C17H16Cl2N4O2S. The summed E-state index contributed by atoms with van der Waals surface area (Å²) in [5, 5.41) is 15.8. The molecule has 6 nitrogen and oxygen atoms in total. The number of thioether (sulfide) groups is 1. The predicted molar refractivity (Wildman–Crippen MR) is 104 cm³/mol. The molecule has 0 saturated carbocycles. The second-order valence-electron chi connectivity index (χ2n) is 5.64. The Morgan fingerprint density at radius 1 is 1.35 bits per heavy atom. The molecule has 1 aromatic heterocycles. The molecular weight excluding hydrogens is 395 g/mol. The van der Waals surface area contributed by atoms with Gasteiger partial charge >= 0.3 is 0 Å². The summed E-state index contributed by atoms with van der Waals surface area (Å²) in [6.45, 7) is 1.89. The van der Waals surface area contributed by atoms with E-state index in [1.807, 2.05) is 23.1 Å². The van der Waals surface area contributed by atoms with Crippen molar-refractivity contribution in [3.05, 3.63) is 80.0 Å². The minimum atomic E-state index is -0.321. The maximum absolute atomic E-state index is 11.6. The van der Waals surface area contributed by atoms with Crippen LogP contribution in [-0.4, -0.2) is 33.6 Å². The fourth-order valence-electron chi connectivity index (χ4n) is 2.61. The smallest absolute Gasteiger partial charge is 0.296 e. The molecule has 2 heterocycles. The van der Waals surface area contributed by atoms with Gasteiger partial charge in [0.2, 0.25) is 0 Å². The molecule has 1 aromatic carbocycles. The average Bonchev–Trinajstić information content (AvgIpc) is 3.05. The SMILES string of the molecule is O=[N+]([O-])/C(CSc1cccc(Cl)c1)=C1/NCCN1Cc1ccc(Cl)nc1. The van der Waals surface area contributed by atoms with Gasteiger partial charge in [-0.3, -0.25) is 10.1 Å². The van der Waals surface area contributed by atoms with Gasteiger partial charge in [0.15, 0.2) is 5.82 Å². The molecule has 0 amide bonds. The summed E-state index contributed by atoms with van der Waals surface area (Å²) in [6.07, 6.45) is 1.69. The van der Waals surface area contributed by atoms with E-state index < -0.39 is 0 Å². The van der Waals surface area contributed by atoms with Gasteiger partial charge in [-0.05, 0) is 29.8 Å². The van der Waals surface area contributed by atoms with Crippen LogP contribution in [0.1, 0.15) is 5.56 Å². The van der Waals surface area contributed by atoms with Crippen LogP contribution in [0.3, 0.4) is 0 Å². The predicted octanol–water partition coefficient (Wildman–Crippen LogP) is 4.03. The van der Waals surface area contributed by atoms with Crippen molar-refractivity contribution in [2.24, 2.45) is 0 Å². The maximum Gasteiger partial charge on any atom is 0.296 e. The highest BCUT2D eigenvalue weighted by Gasteiger charge is 2.28. The number of rotatable bonds is 6. The van der Waals surface area contributed by atoms with Crippen LogP contribution < -0.4 is 5.32 Å². The van der Waals surface area contributed by atoms with Crippen LogP contribution in [0, 0.1) is 10.1 Å². The van der Waals surface area contributed by atoms with E-state index in [0.717, 1.165) is 10.5 Å². The van der Waals surface area contributed by atoms with Gasteiger partial charge in [0.05, 0.1) is 10.7 Å². The molecule has 0 atom stereocenters. The lowest BCUT2D eigenvalue weighted by Gasteiger charge is -2.19. The Balaban J connectivity index is 1.77. The molecule has 0 bridgehead atoms. The third kappa shape index (κ3) is 4.81. The lowest BCUT2D eigenvalue weighted by Crippen LogP contribution is -2.24. The number of nitrogens with one attached hydrogen (secondary N) is 1. The molecule has 0 unspecified atom stereocenters. The standard InChI is InChI=1S/C17H16Cl2N4O2S/c18-13-2-1-3-14(8-13)26-11-15(23(24)25)17-20-6-7-22(17)10-12-4-5-16(19)21-9-12/h1-5,8-9,20H,6-7,10-11H2/b17-15-. The molecule has 0 radical (unpaired) electrons. The van der Waals surface area contributed by atoms with Crippen LogP contribution in [-0.2, 0) is 6.54 Å². The minimum absolute atomic E-state index is 0.148. The van der Waals surface area contributed by atoms with E-state index in [0.29, 0.717) is 35.6 Å². The van der Waals surface area contributed by atoms with Crippen LogP contribution in [0.4, 0.5) is 0 Å². The molecule has 136 valence electrons. The van der Waals surface area contributed by atoms with Gasteiger partial charge in [-0.1, -0.05) is 35.3 Å². The van der Waals surface area contributed by atoms with Crippen molar-refractivity contribution in [1.82, 2.24) is 15.2 Å². The van der Waals surface area contributed by atoms with E-state index in [4.69, 9.17) is 23.2 Å². The number of nitrogens with zero attached hydrogens (tertiary/aromatic N) is 3. The molecule has 1 aliphatic heterocycles. The third-order valence-electron chi connectivity index (χ3n) is 3.82. The average molecular weight is 411 g/mol. The summed E-state index contributed by atoms with van der Waals surface area (Å²) in [6, 6.07) is 10.9. The zero-order chi connectivity index (χ0) is 18.5. The van der Waals surface area contributed by atoms with Gasteiger partial charge in [-0.25, -0.2) is 4.98 Å². The van der Waals surface area contributed by atoms with Gasteiger partial charge in [0, 0.05) is 35.7 Å². The molecule has 1 fully saturated rings. The quantitative estimate of drug-likeness (QED) is 0.335. The lowest BCUT2D eigenvalue weighted by molar-refractivity contribution is -0.425. The Morgan fingerprint density at radius 2 is 2.19 bits per heavy atom. The molecule has 1 saturated heterocycles. The number of aromatic nitrogens is 1. The van der Waals surface area contributed by atoms with Crippen molar-refractivity contribution in [3.63, 3.8) is 0 Å². The topological polar surface area (TPSA) is 71.3 Å². The first-order valence-corrected chi connectivity index (χ1v) is 9.62. The second kappa shape index (κ2) is 8.62. The number of pyridine rings is 1. The summed E-state index contributed by atoms with van der Waals surface area (Å²) in [5.41, 5.74) is 1.09. The van der Waals surface area contributed by atoms with Crippen molar-refractivity contribution >= 4 is 35.0 Å². The van der Waals surface area contributed by atoms with Gasteiger partial charge in [-0.15, -0.1) is 11.8 Å². The Bertz CT molecular complexity index is 830. The van der Waals surface area contributed by atoms with Crippen LogP contribution in [0.25, 0.3) is 0 Å². The fourth-order valence-corrected chi connectivity index (χ4v) is 3.91. The summed E-state index contributed by atoms with van der Waals surface area (Å²) < 4.78 is 0. The summed E-state index contributed by atoms with van der Waals surface area (Å²) in [4.78, 5) is 18.2. The van der Waals surface area contributed by atoms with Crippen molar-refractivity contribution in [2.45, 2.75) is 11.4 Å². The first-order valence-electron chi connectivity index (χ1n) is 7.88. The Kier molecular flexibility index (Phi) is 6.24. The molecule has 1 aliphatic rings. The zero-order valence-electron chi connectivity index (χ0n) is 13.7. The van der Waals surface area contributed by atoms with Gasteiger partial charge in [-0.2, -0.15) is 0 Å². The summed E-state index contributed by atoms with van der Waals surface area (Å²) in [5.74, 6) is 0.796. The van der Waals surface area contributed by atoms with Crippen molar-refractivity contribution in [1.29, 1.82) is 0 Å². The number of halogens is 2. The summed E-state index contributed by atoms with van der Waals surface area (Å²) in [7, 11) is 0. The van der Waals surface area contributed by atoms with Crippen molar-refractivity contribution in [2.75, 3.05) is 18.8 Å². The molecule has 26 heavy (non-hydrogen) atoms. The monoisotopic (exact) mass is 410 g/mol. The van der Waals surface area contributed by atoms with E-state index in [-0.39, 0.29) is 16.4 Å². The Hall–Kier alpha value is -1.96. The molecule has 2 aromatic rings. The molecule has 0 aliphatic carbocycles. The first kappa shape index (κ1) is 18.8. The largest absolute Gasteiger partial charge is 0.365 e. The van der Waals surface area contributed by atoms with Crippen molar-refractivity contribution < 1.29 is 4.92 Å². The Morgan fingerprint density at radius 3 is 2.88 bits per heavy atom. The third-order valence-corrected chi connectivity index (χ3v) is 5.28. The van der Waals surface area contributed by atoms with Crippen LogP contribution in [0.15, 0.2) is 59.0 Å². The highest BCUT2D eigenvalue weighted by atomic mass is 35.5. The minimum Gasteiger partial charge on any atom is -0.365 e. The van der Waals surface area contributed by atoms with E-state index in [2.05, 4.69) is 10.3 Å². The van der Waals surface area contributed by atoms with Crippen molar-refractivity contribution in [3.8, 4) is 0 Å². The van der Waals surface area contributed by atoms with Gasteiger partial charge in [0.25, 0.3) is 5.70 Å². The van der Waals surface area contributed by atoms with E-state index in [1.165, 1.54) is 11.8 Å². The molecule has 0 spiro atoms. The highest BCUT2D eigenvalue weighted by Crippen LogP contribution is 2.26. The normalized spacial score (nSPS) is 15.7. The van der Waals surface area contributed by atoms with E-state index in [1.54, 1.807) is 24.4 Å². The first-order chi connectivity index (χ1) is 12.5. The molecule has 1 N–H and O–H groups in total. The van der Waals surface area contributed by atoms with Gasteiger partial charge in [0.1, 0.15) is 5.15 Å². The number of hydrogen-bond acceptors (Lipinski definition) is 6. The van der Waals surface area contributed by atoms with Crippen LogP contribution in [0.2, 0.25) is 10.2 Å². The van der Waals surface area contributed by atoms with Crippen LogP contribution in [0.5, 0.6) is 0 Å². The summed E-state index contributed by atoms with van der Waals surface area (Å²) >= 11 is 13.2. The highest BCUT2D eigenvalue weighted by molar-refractivity contribution is 7.99. The molecule has 9 heteroatoms. The number of hydrogen-bond donors (Lipinski definition) is 1. The van der Waals surface area contributed by atoms with Crippen LogP contribution >= 0.6 is 35.0 Å². The van der Waals surface area contributed by atoms with E-state index in [9.17, 15) is 10.1 Å². The fraction of sp³-hybridized carbons (Fsp3) is 0.235. The number of benzene rings is 1. The second-order valence-corrected chi connectivity index (χ2v) is 7.51. The number of nitro groups is 1.